The van der Waals surface area contributed by atoms with Crippen LogP contribution < -0.4 is 9.47 Å². The number of hydrogen-bond donors (Lipinski definition) is 0. The molecule has 0 aliphatic rings. The molecule has 0 radical (unpaired) electrons. The summed E-state index contributed by atoms with van der Waals surface area (Å²) in [7, 11) is 0. The zero-order chi connectivity index (χ0) is 18.5. The second-order valence-electron chi connectivity index (χ2n) is 5.40. The molecule has 7 heteroatoms. The molecule has 3 rings (SSSR count). The molecule has 26 heavy (non-hydrogen) atoms. The van der Waals surface area contributed by atoms with Crippen molar-refractivity contribution >= 4 is 28.5 Å². The molecule has 3 aromatic rings. The van der Waals surface area contributed by atoms with Crippen molar-refractivity contribution in [1.29, 1.82) is 0 Å². The van der Waals surface area contributed by atoms with Crippen molar-refractivity contribution in [1.82, 2.24) is 9.97 Å². The number of ether oxygens (including phenoxy) is 3. The van der Waals surface area contributed by atoms with Crippen LogP contribution in [0.25, 0.3) is 10.9 Å². The van der Waals surface area contributed by atoms with Crippen molar-refractivity contribution in [3.05, 3.63) is 53.8 Å². The fourth-order valence-corrected chi connectivity index (χ4v) is 2.48. The number of fused-ring (bicyclic) bond motifs is 1. The number of halogens is 1. The Labute approximate surface area is 155 Å². The molecule has 6 nitrogen and oxygen atoms in total. The molecule has 2 aromatic carbocycles. The topological polar surface area (TPSA) is 70.5 Å². The standard InChI is InChI=1S/C19H17ClN2O4/c1-3-24-18(23)12(2)25-13-8-10-14(11-9-13)26-17-15-6-4-5-7-16(15)21-19(20)22-17/h4-12H,3H2,1-2H3. The molecule has 0 saturated heterocycles. The minimum atomic E-state index is -0.689. The average molecular weight is 373 g/mol. The first-order valence-corrected chi connectivity index (χ1v) is 8.48. The number of esters is 1. The smallest absolute Gasteiger partial charge is 0.347 e. The molecule has 0 aliphatic heterocycles. The average Bonchev–Trinajstić information content (AvgIpc) is 2.63. The molecule has 1 aromatic heterocycles. The van der Waals surface area contributed by atoms with Gasteiger partial charge in [-0.3, -0.25) is 0 Å². The molecule has 0 bridgehead atoms. The predicted molar refractivity (Wildman–Crippen MR) is 97.8 cm³/mol. The van der Waals surface area contributed by atoms with Gasteiger partial charge in [0.2, 0.25) is 11.2 Å². The Balaban J connectivity index is 1.75. The van der Waals surface area contributed by atoms with E-state index in [9.17, 15) is 4.79 Å². The number of carbonyl (C=O) groups excluding carboxylic acids is 1. The van der Waals surface area contributed by atoms with Crippen LogP contribution in [0.15, 0.2) is 48.5 Å². The summed E-state index contributed by atoms with van der Waals surface area (Å²) in [6.45, 7) is 3.70. The summed E-state index contributed by atoms with van der Waals surface area (Å²) in [5.74, 6) is 1.05. The fourth-order valence-electron chi connectivity index (χ4n) is 2.31. The van der Waals surface area contributed by atoms with Crippen LogP contribution in [0.2, 0.25) is 5.28 Å². The third-order valence-electron chi connectivity index (χ3n) is 3.51. The van der Waals surface area contributed by atoms with Gasteiger partial charge in [-0.15, -0.1) is 0 Å². The summed E-state index contributed by atoms with van der Waals surface area (Å²) in [5.41, 5.74) is 0.700. The van der Waals surface area contributed by atoms with E-state index in [-0.39, 0.29) is 5.28 Å². The number of benzene rings is 2. The van der Waals surface area contributed by atoms with E-state index in [0.29, 0.717) is 29.5 Å². The molecular weight excluding hydrogens is 356 g/mol. The van der Waals surface area contributed by atoms with Crippen molar-refractivity contribution in [2.75, 3.05) is 6.61 Å². The number of carbonyl (C=O) groups is 1. The maximum absolute atomic E-state index is 11.6. The van der Waals surface area contributed by atoms with Crippen molar-refractivity contribution in [3.63, 3.8) is 0 Å². The first-order valence-electron chi connectivity index (χ1n) is 8.10. The molecule has 0 saturated carbocycles. The molecule has 1 heterocycles. The Morgan fingerprint density at radius 2 is 1.77 bits per heavy atom. The normalized spacial score (nSPS) is 11.8. The lowest BCUT2D eigenvalue weighted by molar-refractivity contribution is -0.150. The molecule has 0 amide bonds. The lowest BCUT2D eigenvalue weighted by Gasteiger charge is -2.14. The van der Waals surface area contributed by atoms with Gasteiger partial charge >= 0.3 is 5.97 Å². The fraction of sp³-hybridized carbons (Fsp3) is 0.211. The van der Waals surface area contributed by atoms with Gasteiger partial charge in [-0.2, -0.15) is 4.98 Å². The number of para-hydroxylation sites is 1. The van der Waals surface area contributed by atoms with Crippen LogP contribution in [0.5, 0.6) is 17.4 Å². The highest BCUT2D eigenvalue weighted by Crippen LogP contribution is 2.29. The molecule has 0 spiro atoms. The van der Waals surface area contributed by atoms with Crippen LogP contribution in [-0.4, -0.2) is 28.6 Å². The third-order valence-corrected chi connectivity index (χ3v) is 3.68. The second kappa shape index (κ2) is 8.01. The minimum Gasteiger partial charge on any atom is -0.479 e. The highest BCUT2D eigenvalue weighted by Gasteiger charge is 2.15. The van der Waals surface area contributed by atoms with E-state index in [2.05, 4.69) is 9.97 Å². The van der Waals surface area contributed by atoms with Crippen LogP contribution in [0.3, 0.4) is 0 Å². The number of rotatable bonds is 6. The molecular formula is C19H17ClN2O4. The third kappa shape index (κ3) is 4.21. The zero-order valence-corrected chi connectivity index (χ0v) is 15.1. The molecule has 0 N–H and O–H groups in total. The van der Waals surface area contributed by atoms with Gasteiger partial charge in [-0.25, -0.2) is 9.78 Å². The maximum atomic E-state index is 11.6. The first kappa shape index (κ1) is 17.9. The summed E-state index contributed by atoms with van der Waals surface area (Å²) in [6, 6.07) is 14.3. The van der Waals surface area contributed by atoms with Gasteiger partial charge in [0.15, 0.2) is 6.10 Å². The number of nitrogens with zero attached hydrogens (tertiary/aromatic N) is 2. The Bertz CT molecular complexity index is 915. The molecule has 0 aliphatic carbocycles. The van der Waals surface area contributed by atoms with E-state index in [4.69, 9.17) is 25.8 Å². The van der Waals surface area contributed by atoms with E-state index in [1.165, 1.54) is 0 Å². The van der Waals surface area contributed by atoms with E-state index < -0.39 is 12.1 Å². The van der Waals surface area contributed by atoms with Crippen molar-refractivity contribution in [3.8, 4) is 17.4 Å². The van der Waals surface area contributed by atoms with Gasteiger partial charge in [0.1, 0.15) is 11.5 Å². The summed E-state index contributed by atoms with van der Waals surface area (Å²) in [6.07, 6.45) is -0.689. The van der Waals surface area contributed by atoms with Crippen LogP contribution in [0.4, 0.5) is 0 Å². The molecule has 0 fully saturated rings. The van der Waals surface area contributed by atoms with Gasteiger partial charge < -0.3 is 14.2 Å². The highest BCUT2D eigenvalue weighted by molar-refractivity contribution is 6.28. The Kier molecular flexibility index (Phi) is 5.53. The van der Waals surface area contributed by atoms with Crippen molar-refractivity contribution in [2.45, 2.75) is 20.0 Å². The van der Waals surface area contributed by atoms with Gasteiger partial charge in [-0.05, 0) is 61.8 Å². The van der Waals surface area contributed by atoms with E-state index in [1.807, 2.05) is 24.3 Å². The van der Waals surface area contributed by atoms with Crippen LogP contribution in [0.1, 0.15) is 13.8 Å². The van der Waals surface area contributed by atoms with Crippen LogP contribution >= 0.6 is 11.6 Å². The summed E-state index contributed by atoms with van der Waals surface area (Å²) >= 11 is 5.96. The summed E-state index contributed by atoms with van der Waals surface area (Å²) in [5, 5.41) is 0.870. The zero-order valence-electron chi connectivity index (χ0n) is 14.3. The SMILES string of the molecule is CCOC(=O)C(C)Oc1ccc(Oc2nc(Cl)nc3ccccc23)cc1. The Morgan fingerprint density at radius 1 is 1.08 bits per heavy atom. The summed E-state index contributed by atoms with van der Waals surface area (Å²) < 4.78 is 16.3. The van der Waals surface area contributed by atoms with E-state index >= 15 is 0 Å². The van der Waals surface area contributed by atoms with Gasteiger partial charge in [0, 0.05) is 0 Å². The largest absolute Gasteiger partial charge is 0.479 e. The van der Waals surface area contributed by atoms with Gasteiger partial charge in [0.05, 0.1) is 17.5 Å². The second-order valence-corrected chi connectivity index (χ2v) is 5.74. The Morgan fingerprint density at radius 3 is 2.50 bits per heavy atom. The van der Waals surface area contributed by atoms with E-state index in [1.54, 1.807) is 38.1 Å². The monoisotopic (exact) mass is 372 g/mol. The minimum absolute atomic E-state index is 0.113. The molecule has 1 unspecified atom stereocenters. The number of hydrogen-bond acceptors (Lipinski definition) is 6. The van der Waals surface area contributed by atoms with Crippen molar-refractivity contribution in [2.24, 2.45) is 0 Å². The lowest BCUT2D eigenvalue weighted by atomic mass is 10.2. The highest BCUT2D eigenvalue weighted by atomic mass is 35.5. The summed E-state index contributed by atoms with van der Waals surface area (Å²) in [4.78, 5) is 19.9. The first-order chi connectivity index (χ1) is 12.6. The Hall–Kier alpha value is -2.86. The predicted octanol–water partition coefficient (Wildman–Crippen LogP) is 4.41. The van der Waals surface area contributed by atoms with Crippen LogP contribution in [0, 0.1) is 0 Å². The van der Waals surface area contributed by atoms with E-state index in [0.717, 1.165) is 5.39 Å². The number of aromatic nitrogens is 2. The van der Waals surface area contributed by atoms with Gasteiger partial charge in [-0.1, -0.05) is 12.1 Å². The molecule has 134 valence electrons. The van der Waals surface area contributed by atoms with Crippen LogP contribution in [-0.2, 0) is 9.53 Å². The van der Waals surface area contributed by atoms with Crippen molar-refractivity contribution < 1.29 is 19.0 Å². The van der Waals surface area contributed by atoms with Gasteiger partial charge in [0.25, 0.3) is 0 Å². The maximum Gasteiger partial charge on any atom is 0.347 e. The lowest BCUT2D eigenvalue weighted by Crippen LogP contribution is -2.25. The quantitative estimate of drug-likeness (QED) is 0.471. The molecule has 1 atom stereocenters.